The first-order valence-electron chi connectivity index (χ1n) is 24.1. The lowest BCUT2D eigenvalue weighted by Gasteiger charge is -2.43. The van der Waals surface area contributed by atoms with Crippen molar-refractivity contribution in [2.24, 2.45) is 0 Å². The zero-order chi connectivity index (χ0) is 49.9. The molecule has 1 aliphatic carbocycles. The summed E-state index contributed by atoms with van der Waals surface area (Å²) in [5.74, 6) is -1.44. The van der Waals surface area contributed by atoms with Gasteiger partial charge in [-0.15, -0.1) is 0 Å². The first-order chi connectivity index (χ1) is 31.9. The van der Waals surface area contributed by atoms with Gasteiger partial charge in [0.25, 0.3) is 0 Å². The van der Waals surface area contributed by atoms with Gasteiger partial charge in [-0.2, -0.15) is 0 Å². The van der Waals surface area contributed by atoms with E-state index >= 15 is 0 Å². The molecule has 1 aliphatic rings. The van der Waals surface area contributed by atoms with Crippen molar-refractivity contribution in [2.75, 3.05) is 13.2 Å². The number of ether oxygens (including phenoxy) is 2. The highest BCUT2D eigenvalue weighted by Gasteiger charge is 2.54. The van der Waals surface area contributed by atoms with E-state index in [1.165, 1.54) is 25.7 Å². The number of rotatable bonds is 39. The number of allylic oxidation sites excluding steroid dienone is 8. The lowest BCUT2D eigenvalue weighted by molar-refractivity contribution is -0.216. The van der Waals surface area contributed by atoms with E-state index in [1.54, 1.807) is 30.4 Å². The Morgan fingerprint density at radius 2 is 1.04 bits per heavy atom. The van der Waals surface area contributed by atoms with Crippen molar-refractivity contribution in [1.82, 2.24) is 0 Å². The van der Waals surface area contributed by atoms with E-state index in [0.29, 0.717) is 12.8 Å². The summed E-state index contributed by atoms with van der Waals surface area (Å²) >= 11 is 0. The van der Waals surface area contributed by atoms with Gasteiger partial charge in [0.2, 0.25) is 0 Å². The average Bonchev–Trinajstić information content (AvgIpc) is 3.27. The Hall–Kier alpha value is -2.38. The first kappa shape index (κ1) is 62.6. The maximum Gasteiger partial charge on any atom is 0.472 e. The van der Waals surface area contributed by atoms with Crippen LogP contribution in [-0.2, 0) is 41.8 Å². The average molecular weight is 997 g/mol. The molecule has 1 saturated carbocycles. The highest BCUT2D eigenvalue weighted by Crippen LogP contribution is 2.49. The normalized spacial score (nSPS) is 22.9. The maximum atomic E-state index is 13.0. The van der Waals surface area contributed by atoms with Gasteiger partial charge in [0.15, 0.2) is 6.10 Å². The molecule has 0 bridgehead atoms. The molecule has 20 heteroatoms. The quantitative estimate of drug-likeness (QED) is 0.00984. The van der Waals surface area contributed by atoms with Gasteiger partial charge in [0.1, 0.15) is 43.2 Å². The minimum atomic E-state index is -5.39. The molecule has 9 N–H and O–H groups in total. The zero-order valence-corrected chi connectivity index (χ0v) is 41.3. The van der Waals surface area contributed by atoms with Crippen LogP contribution in [0, 0.1) is 0 Å². The minimum absolute atomic E-state index is 0.0641. The van der Waals surface area contributed by atoms with Gasteiger partial charge in [-0.05, 0) is 57.8 Å². The number of esters is 2. The molecule has 388 valence electrons. The zero-order valence-electron chi connectivity index (χ0n) is 39.5. The third-order valence-corrected chi connectivity index (χ3v) is 12.3. The number of hydrogen-bond acceptors (Lipinski definition) is 15. The summed E-state index contributed by atoms with van der Waals surface area (Å²) in [5, 5.41) is 61.5. The SMILES string of the molecule is CCCCCC/C=C\CCCCCCCCCC(=O)OC[C@H](COP(=O)(O)O[C@H]1C(O)C(O)C(O)[C@@H](OP(=O)(O)O)C1O)OC(=O)CCC[C@H](O)/C=C/C=C\C/C=C\C=C\[C@H](O)CCCCC. The molecule has 0 radical (unpaired) electrons. The van der Waals surface area contributed by atoms with E-state index in [4.69, 9.17) is 18.5 Å². The van der Waals surface area contributed by atoms with Crippen LogP contribution in [0.5, 0.6) is 0 Å². The molecule has 0 aromatic rings. The van der Waals surface area contributed by atoms with Gasteiger partial charge >= 0.3 is 27.6 Å². The third-order valence-electron chi connectivity index (χ3n) is 10.8. The first-order valence-corrected chi connectivity index (χ1v) is 27.1. The number of aliphatic hydroxyl groups excluding tert-OH is 6. The Morgan fingerprint density at radius 3 is 1.61 bits per heavy atom. The monoisotopic (exact) mass is 996 g/mol. The van der Waals surface area contributed by atoms with Gasteiger partial charge in [0.05, 0.1) is 18.8 Å². The van der Waals surface area contributed by atoms with Crippen LogP contribution in [0.1, 0.15) is 155 Å². The molecule has 1 fully saturated rings. The number of carbonyl (C=O) groups excluding carboxylic acids is 2. The summed E-state index contributed by atoms with van der Waals surface area (Å²) in [7, 11) is -10.8. The van der Waals surface area contributed by atoms with Crippen molar-refractivity contribution in [3.8, 4) is 0 Å². The Kier molecular flexibility index (Phi) is 35.0. The smallest absolute Gasteiger partial charge is 0.462 e. The van der Waals surface area contributed by atoms with Gasteiger partial charge in [-0.25, -0.2) is 9.13 Å². The molecule has 0 aromatic heterocycles. The summed E-state index contributed by atoms with van der Waals surface area (Å²) < 4.78 is 49.2. The van der Waals surface area contributed by atoms with Crippen molar-refractivity contribution in [3.05, 3.63) is 60.8 Å². The molecule has 0 heterocycles. The van der Waals surface area contributed by atoms with Gasteiger partial charge < -0.3 is 54.8 Å². The summed E-state index contributed by atoms with van der Waals surface area (Å²) in [6.45, 7) is 2.80. The number of phosphoric acid groups is 2. The fourth-order valence-electron chi connectivity index (χ4n) is 6.94. The second-order valence-electron chi connectivity index (χ2n) is 16.9. The van der Waals surface area contributed by atoms with E-state index in [1.807, 2.05) is 18.2 Å². The standard InChI is InChI=1S/C47H82O18P2/c1-3-5-7-8-9-10-11-12-13-14-15-16-20-23-27-33-40(50)61-35-39(36-62-67(59,60)65-47-44(54)42(52)43(53)46(45(47)55)64-66(56,57)58)63-41(51)34-28-32-38(49)31-26-22-19-17-18-21-25-30-37(48)29-24-6-4-2/h10-11,18-19,21-22,25-26,30-31,37-39,42-49,52-55H,3-9,12-17,20,23-24,27-29,32-36H2,1-2H3,(H,59,60)(H2,56,57,58)/b11-10-,21-18-,22-19-,30-25+,31-26+/t37-,38-,39-,42?,43?,44?,45?,46-,47+/m1/s1. The highest BCUT2D eigenvalue weighted by atomic mass is 31.2. The molecule has 0 spiro atoms. The maximum absolute atomic E-state index is 13.0. The molecular formula is C47H82O18P2. The molecule has 0 saturated heterocycles. The molecule has 67 heavy (non-hydrogen) atoms. The van der Waals surface area contributed by atoms with E-state index in [0.717, 1.165) is 77.0 Å². The van der Waals surface area contributed by atoms with Crippen LogP contribution in [-0.4, -0.2) is 125 Å². The Balaban J connectivity index is 2.70. The van der Waals surface area contributed by atoms with Crippen LogP contribution in [0.25, 0.3) is 0 Å². The topological polar surface area (TPSA) is 296 Å². The fraction of sp³-hybridized carbons (Fsp3) is 0.745. The predicted molar refractivity (Wildman–Crippen MR) is 253 cm³/mol. The predicted octanol–water partition coefficient (Wildman–Crippen LogP) is 7.00. The molecule has 0 amide bonds. The number of unbranched alkanes of at least 4 members (excludes halogenated alkanes) is 13. The van der Waals surface area contributed by atoms with Crippen LogP contribution in [0.15, 0.2) is 60.8 Å². The van der Waals surface area contributed by atoms with Gasteiger partial charge in [-0.3, -0.25) is 23.2 Å². The summed E-state index contributed by atoms with van der Waals surface area (Å²) in [6, 6.07) is 0. The van der Waals surface area contributed by atoms with Crippen molar-refractivity contribution in [1.29, 1.82) is 0 Å². The van der Waals surface area contributed by atoms with Crippen LogP contribution < -0.4 is 0 Å². The Bertz CT molecular complexity index is 1560. The van der Waals surface area contributed by atoms with Crippen LogP contribution >= 0.6 is 15.6 Å². The van der Waals surface area contributed by atoms with Crippen molar-refractivity contribution in [3.63, 3.8) is 0 Å². The highest BCUT2D eigenvalue weighted by molar-refractivity contribution is 7.47. The Labute approximate surface area is 397 Å². The largest absolute Gasteiger partial charge is 0.472 e. The van der Waals surface area contributed by atoms with Crippen molar-refractivity contribution < 1.29 is 87.1 Å². The van der Waals surface area contributed by atoms with Gasteiger partial charge in [0, 0.05) is 12.8 Å². The molecular weight excluding hydrogens is 914 g/mol. The van der Waals surface area contributed by atoms with E-state index in [-0.39, 0.29) is 25.7 Å². The fourth-order valence-corrected chi connectivity index (χ4v) is 8.48. The van der Waals surface area contributed by atoms with Crippen molar-refractivity contribution >= 4 is 27.6 Å². The van der Waals surface area contributed by atoms with Crippen LogP contribution in [0.2, 0.25) is 0 Å². The molecule has 0 aliphatic heterocycles. The minimum Gasteiger partial charge on any atom is -0.462 e. The summed E-state index contributed by atoms with van der Waals surface area (Å²) in [6.07, 6.45) is 20.9. The van der Waals surface area contributed by atoms with Crippen molar-refractivity contribution in [2.45, 2.75) is 210 Å². The summed E-state index contributed by atoms with van der Waals surface area (Å²) in [5.41, 5.74) is 0. The lowest BCUT2D eigenvalue weighted by Crippen LogP contribution is -2.64. The number of aliphatic hydroxyl groups is 6. The number of phosphoric ester groups is 2. The van der Waals surface area contributed by atoms with E-state index < -0.39 is 95.7 Å². The summed E-state index contributed by atoms with van der Waals surface area (Å²) in [4.78, 5) is 54.3. The molecule has 1 rings (SSSR count). The van der Waals surface area contributed by atoms with Crippen LogP contribution in [0.4, 0.5) is 0 Å². The third kappa shape index (κ3) is 32.2. The molecule has 18 nitrogen and oxygen atoms in total. The Morgan fingerprint density at radius 1 is 0.552 bits per heavy atom. The molecule has 0 aromatic carbocycles. The molecule has 5 unspecified atom stereocenters. The van der Waals surface area contributed by atoms with Crippen LogP contribution in [0.3, 0.4) is 0 Å². The lowest BCUT2D eigenvalue weighted by atomic mass is 9.85. The molecule has 10 atom stereocenters. The second kappa shape index (κ2) is 37.4. The number of hydrogen-bond donors (Lipinski definition) is 9. The van der Waals surface area contributed by atoms with E-state index in [9.17, 15) is 64.0 Å². The second-order valence-corrected chi connectivity index (χ2v) is 19.5. The van der Waals surface area contributed by atoms with E-state index in [2.05, 4.69) is 30.5 Å². The number of carbonyl (C=O) groups is 2. The van der Waals surface area contributed by atoms with Gasteiger partial charge in [-0.1, -0.05) is 145 Å².